The van der Waals surface area contributed by atoms with Gasteiger partial charge in [0.05, 0.1) is 0 Å². The summed E-state index contributed by atoms with van der Waals surface area (Å²) in [6.45, 7) is 0. The van der Waals surface area contributed by atoms with Crippen molar-refractivity contribution in [2.75, 3.05) is 5.32 Å². The lowest BCUT2D eigenvalue weighted by atomic mass is 10.2. The molecule has 0 aliphatic rings. The van der Waals surface area contributed by atoms with Crippen LogP contribution in [0.5, 0.6) is 0 Å². The third kappa shape index (κ3) is 2.33. The molecule has 1 heterocycles. The number of aromatic nitrogens is 1. The minimum absolute atomic E-state index is 0.258. The Kier molecular flexibility index (Phi) is 2.76. The van der Waals surface area contributed by atoms with Crippen LogP contribution < -0.4 is 5.32 Å². The van der Waals surface area contributed by atoms with E-state index in [9.17, 15) is 9.18 Å². The molecule has 0 unspecified atom stereocenters. The topological polar surface area (TPSA) is 44.9 Å². The molecule has 3 aromatic rings. The van der Waals surface area contributed by atoms with Gasteiger partial charge in [0.15, 0.2) is 0 Å². The Morgan fingerprint density at radius 2 is 1.84 bits per heavy atom. The van der Waals surface area contributed by atoms with Crippen molar-refractivity contribution in [2.45, 2.75) is 0 Å². The molecule has 0 radical (unpaired) electrons. The first kappa shape index (κ1) is 11.5. The maximum Gasteiger partial charge on any atom is 0.255 e. The highest BCUT2D eigenvalue weighted by molar-refractivity contribution is 6.05. The van der Waals surface area contributed by atoms with Crippen molar-refractivity contribution >= 4 is 22.5 Å². The number of nitrogens with one attached hydrogen (secondary N) is 2. The molecular formula is C15H11FN2O. The number of fused-ring (bicyclic) bond motifs is 1. The van der Waals surface area contributed by atoms with E-state index in [0.29, 0.717) is 11.3 Å². The number of halogens is 1. The van der Waals surface area contributed by atoms with Crippen molar-refractivity contribution in [2.24, 2.45) is 0 Å². The van der Waals surface area contributed by atoms with Crippen LogP contribution in [0.3, 0.4) is 0 Å². The number of hydrogen-bond acceptors (Lipinski definition) is 1. The zero-order valence-corrected chi connectivity index (χ0v) is 9.98. The number of aromatic amines is 1. The quantitative estimate of drug-likeness (QED) is 0.721. The highest BCUT2D eigenvalue weighted by Gasteiger charge is 2.06. The average molecular weight is 254 g/mol. The van der Waals surface area contributed by atoms with E-state index in [0.717, 1.165) is 10.9 Å². The zero-order chi connectivity index (χ0) is 13.2. The molecule has 94 valence electrons. The molecule has 0 aliphatic heterocycles. The Morgan fingerprint density at radius 1 is 1.05 bits per heavy atom. The van der Waals surface area contributed by atoms with E-state index in [1.54, 1.807) is 0 Å². The lowest BCUT2D eigenvalue weighted by Crippen LogP contribution is -2.11. The Morgan fingerprint density at radius 3 is 2.63 bits per heavy atom. The Hall–Kier alpha value is -2.62. The monoisotopic (exact) mass is 254 g/mol. The molecule has 2 aromatic carbocycles. The summed E-state index contributed by atoms with van der Waals surface area (Å²) >= 11 is 0. The molecular weight excluding hydrogens is 243 g/mol. The zero-order valence-electron chi connectivity index (χ0n) is 9.98. The summed E-state index contributed by atoms with van der Waals surface area (Å²) in [5, 5.41) is 3.86. The summed E-state index contributed by atoms with van der Waals surface area (Å²) < 4.78 is 12.8. The summed E-state index contributed by atoms with van der Waals surface area (Å²) in [5.41, 5.74) is 2.08. The standard InChI is InChI=1S/C15H11FN2O/c16-12-4-1-11(2-5-12)15(19)18-13-6-3-10-7-8-17-14(10)9-13/h1-9,17H,(H,18,19). The second kappa shape index (κ2) is 4.57. The van der Waals surface area contributed by atoms with Crippen molar-refractivity contribution in [1.29, 1.82) is 0 Å². The third-order valence-corrected chi connectivity index (χ3v) is 2.92. The lowest BCUT2D eigenvalue weighted by molar-refractivity contribution is 0.102. The van der Waals surface area contributed by atoms with Gasteiger partial charge in [-0.05, 0) is 47.9 Å². The van der Waals surface area contributed by atoms with Gasteiger partial charge in [-0.1, -0.05) is 6.07 Å². The van der Waals surface area contributed by atoms with Crippen LogP contribution in [0.25, 0.3) is 10.9 Å². The number of amides is 1. The number of carbonyl (C=O) groups excluding carboxylic acids is 1. The van der Waals surface area contributed by atoms with Gasteiger partial charge in [-0.15, -0.1) is 0 Å². The number of benzene rings is 2. The summed E-state index contributed by atoms with van der Waals surface area (Å²) in [7, 11) is 0. The van der Waals surface area contributed by atoms with Gasteiger partial charge in [0.1, 0.15) is 5.82 Å². The second-order valence-electron chi connectivity index (χ2n) is 4.24. The highest BCUT2D eigenvalue weighted by atomic mass is 19.1. The maximum absolute atomic E-state index is 12.8. The van der Waals surface area contributed by atoms with Crippen LogP contribution >= 0.6 is 0 Å². The number of hydrogen-bond donors (Lipinski definition) is 2. The van der Waals surface area contributed by atoms with Gasteiger partial charge >= 0.3 is 0 Å². The van der Waals surface area contributed by atoms with Gasteiger partial charge in [-0.2, -0.15) is 0 Å². The van der Waals surface area contributed by atoms with E-state index >= 15 is 0 Å². The van der Waals surface area contributed by atoms with E-state index in [2.05, 4.69) is 10.3 Å². The van der Waals surface area contributed by atoms with E-state index in [-0.39, 0.29) is 11.7 Å². The normalized spacial score (nSPS) is 10.6. The average Bonchev–Trinajstić information content (AvgIpc) is 2.87. The molecule has 0 bridgehead atoms. The van der Waals surface area contributed by atoms with Crippen molar-refractivity contribution in [3.05, 3.63) is 66.1 Å². The number of rotatable bonds is 2. The molecule has 1 amide bonds. The van der Waals surface area contributed by atoms with E-state index in [1.165, 1.54) is 24.3 Å². The summed E-state index contributed by atoms with van der Waals surface area (Å²) in [6.07, 6.45) is 1.84. The molecule has 0 saturated carbocycles. The molecule has 4 heteroatoms. The van der Waals surface area contributed by atoms with Crippen LogP contribution in [0.15, 0.2) is 54.7 Å². The minimum atomic E-state index is -0.357. The molecule has 3 nitrogen and oxygen atoms in total. The van der Waals surface area contributed by atoms with Crippen LogP contribution in [0, 0.1) is 5.82 Å². The van der Waals surface area contributed by atoms with Crippen LogP contribution in [-0.2, 0) is 0 Å². The molecule has 19 heavy (non-hydrogen) atoms. The number of anilines is 1. The molecule has 0 saturated heterocycles. The first-order valence-corrected chi connectivity index (χ1v) is 5.86. The molecule has 1 aromatic heterocycles. The number of carbonyl (C=O) groups is 1. The largest absolute Gasteiger partial charge is 0.361 e. The fourth-order valence-corrected chi connectivity index (χ4v) is 1.93. The minimum Gasteiger partial charge on any atom is -0.361 e. The predicted octanol–water partition coefficient (Wildman–Crippen LogP) is 3.56. The van der Waals surface area contributed by atoms with Gasteiger partial charge in [0, 0.05) is 23.0 Å². The summed E-state index contributed by atoms with van der Waals surface area (Å²) in [4.78, 5) is 15.0. The van der Waals surface area contributed by atoms with Gasteiger partial charge in [0.25, 0.3) is 5.91 Å². The molecule has 2 N–H and O–H groups in total. The SMILES string of the molecule is O=C(Nc1ccc2cc[nH]c2c1)c1ccc(F)cc1. The van der Waals surface area contributed by atoms with Crippen molar-refractivity contribution in [1.82, 2.24) is 4.98 Å². The van der Waals surface area contributed by atoms with E-state index in [4.69, 9.17) is 0 Å². The van der Waals surface area contributed by atoms with E-state index in [1.807, 2.05) is 30.5 Å². The predicted molar refractivity (Wildman–Crippen MR) is 72.7 cm³/mol. The maximum atomic E-state index is 12.8. The molecule has 0 aliphatic carbocycles. The van der Waals surface area contributed by atoms with Crippen molar-refractivity contribution in [3.63, 3.8) is 0 Å². The van der Waals surface area contributed by atoms with Crippen LogP contribution in [-0.4, -0.2) is 10.9 Å². The lowest BCUT2D eigenvalue weighted by Gasteiger charge is -2.05. The van der Waals surface area contributed by atoms with Crippen molar-refractivity contribution < 1.29 is 9.18 Å². The second-order valence-corrected chi connectivity index (χ2v) is 4.24. The molecule has 0 spiro atoms. The highest BCUT2D eigenvalue weighted by Crippen LogP contribution is 2.18. The third-order valence-electron chi connectivity index (χ3n) is 2.92. The Bertz CT molecular complexity index is 731. The molecule has 0 atom stereocenters. The first-order valence-electron chi connectivity index (χ1n) is 5.86. The van der Waals surface area contributed by atoms with Crippen molar-refractivity contribution in [3.8, 4) is 0 Å². The first-order chi connectivity index (χ1) is 9.22. The van der Waals surface area contributed by atoms with Crippen LogP contribution in [0.4, 0.5) is 10.1 Å². The van der Waals surface area contributed by atoms with Gasteiger partial charge in [-0.3, -0.25) is 4.79 Å². The molecule has 3 rings (SSSR count). The Labute approximate surface area is 109 Å². The summed E-state index contributed by atoms with van der Waals surface area (Å²) in [6, 6.07) is 13.0. The van der Waals surface area contributed by atoms with Gasteiger partial charge < -0.3 is 10.3 Å². The smallest absolute Gasteiger partial charge is 0.255 e. The fourth-order valence-electron chi connectivity index (χ4n) is 1.93. The van der Waals surface area contributed by atoms with Gasteiger partial charge in [-0.25, -0.2) is 4.39 Å². The van der Waals surface area contributed by atoms with Crippen LogP contribution in [0.2, 0.25) is 0 Å². The molecule has 0 fully saturated rings. The van der Waals surface area contributed by atoms with Gasteiger partial charge in [0.2, 0.25) is 0 Å². The number of H-pyrrole nitrogens is 1. The Balaban J connectivity index is 1.83. The fraction of sp³-hybridized carbons (Fsp3) is 0. The van der Waals surface area contributed by atoms with E-state index < -0.39 is 0 Å². The van der Waals surface area contributed by atoms with Crippen LogP contribution in [0.1, 0.15) is 10.4 Å². The summed E-state index contributed by atoms with van der Waals surface area (Å²) in [5.74, 6) is -0.615.